The van der Waals surface area contributed by atoms with E-state index in [9.17, 15) is 0 Å². The summed E-state index contributed by atoms with van der Waals surface area (Å²) in [7, 11) is 0. The topological polar surface area (TPSA) is 0 Å². The van der Waals surface area contributed by atoms with Crippen LogP contribution < -0.4 is 0 Å². The Morgan fingerprint density at radius 2 is 2.07 bits per heavy atom. The van der Waals surface area contributed by atoms with E-state index < -0.39 is 0 Å². The number of rotatable bonds is 4. The molecule has 0 fully saturated rings. The molecule has 14 heavy (non-hydrogen) atoms. The number of alkyl halides is 1. The van der Waals surface area contributed by atoms with Crippen molar-refractivity contribution in [2.75, 3.05) is 5.88 Å². The van der Waals surface area contributed by atoms with Crippen molar-refractivity contribution in [1.29, 1.82) is 0 Å². The van der Waals surface area contributed by atoms with Gasteiger partial charge in [-0.25, -0.2) is 0 Å². The molecule has 0 radical (unpaired) electrons. The van der Waals surface area contributed by atoms with Crippen LogP contribution in [-0.4, -0.2) is 5.88 Å². The van der Waals surface area contributed by atoms with E-state index in [1.54, 1.807) is 0 Å². The Morgan fingerprint density at radius 1 is 1.36 bits per heavy atom. The van der Waals surface area contributed by atoms with Crippen molar-refractivity contribution in [3.05, 3.63) is 34.3 Å². The molecule has 1 rings (SSSR count). The monoisotopic (exact) mass is 274 g/mol. The number of hydrogen-bond acceptors (Lipinski definition) is 0. The highest BCUT2D eigenvalue weighted by atomic mass is 79.9. The van der Waals surface area contributed by atoms with Crippen molar-refractivity contribution in [3.8, 4) is 0 Å². The second kappa shape index (κ2) is 5.77. The third-order valence-corrected chi connectivity index (χ3v) is 3.13. The first-order chi connectivity index (χ1) is 6.63. The summed E-state index contributed by atoms with van der Waals surface area (Å²) < 4.78 is 1.13. The van der Waals surface area contributed by atoms with E-state index in [0.29, 0.717) is 17.7 Å². The summed E-state index contributed by atoms with van der Waals surface area (Å²) in [6.07, 6.45) is 1.15. The van der Waals surface area contributed by atoms with Crippen LogP contribution in [0, 0.1) is 5.92 Å². The standard InChI is InChI=1S/C12H16BrCl/c1-9(2)6-11(8-14)10-4-3-5-12(13)7-10/h3-5,7,9,11H,6,8H2,1-2H3. The highest BCUT2D eigenvalue weighted by molar-refractivity contribution is 9.10. The summed E-state index contributed by atoms with van der Waals surface area (Å²) >= 11 is 9.47. The van der Waals surface area contributed by atoms with Gasteiger partial charge in [0, 0.05) is 10.4 Å². The smallest absolute Gasteiger partial charge is 0.0292 e. The summed E-state index contributed by atoms with van der Waals surface area (Å²) in [6, 6.07) is 8.43. The first-order valence-electron chi connectivity index (χ1n) is 4.95. The van der Waals surface area contributed by atoms with Crippen molar-refractivity contribution in [2.24, 2.45) is 5.92 Å². The molecule has 2 heteroatoms. The summed E-state index contributed by atoms with van der Waals surface area (Å²) in [5.74, 6) is 1.88. The van der Waals surface area contributed by atoms with Crippen LogP contribution in [0.2, 0.25) is 0 Å². The quantitative estimate of drug-likeness (QED) is 0.691. The molecule has 0 aromatic heterocycles. The van der Waals surface area contributed by atoms with Gasteiger partial charge in [-0.15, -0.1) is 11.6 Å². The van der Waals surface area contributed by atoms with E-state index >= 15 is 0 Å². The van der Waals surface area contributed by atoms with Crippen molar-refractivity contribution < 1.29 is 0 Å². The van der Waals surface area contributed by atoms with Gasteiger partial charge in [-0.3, -0.25) is 0 Å². The predicted octanol–water partition coefficient (Wildman–Crippen LogP) is 4.82. The van der Waals surface area contributed by atoms with Crippen molar-refractivity contribution in [3.63, 3.8) is 0 Å². The Bertz CT molecular complexity index is 283. The van der Waals surface area contributed by atoms with E-state index in [1.807, 2.05) is 6.07 Å². The molecule has 0 aliphatic carbocycles. The van der Waals surface area contributed by atoms with E-state index in [4.69, 9.17) is 11.6 Å². The number of benzene rings is 1. The molecule has 0 N–H and O–H groups in total. The summed E-state index contributed by atoms with van der Waals surface area (Å²) in [4.78, 5) is 0. The van der Waals surface area contributed by atoms with Gasteiger partial charge in [0.25, 0.3) is 0 Å². The molecule has 0 amide bonds. The van der Waals surface area contributed by atoms with Crippen molar-refractivity contribution >= 4 is 27.5 Å². The maximum atomic E-state index is 5.98. The van der Waals surface area contributed by atoms with E-state index in [2.05, 4.69) is 48.0 Å². The number of halogens is 2. The largest absolute Gasteiger partial charge is 0.126 e. The van der Waals surface area contributed by atoms with Crippen LogP contribution in [0.5, 0.6) is 0 Å². The lowest BCUT2D eigenvalue weighted by molar-refractivity contribution is 0.526. The average Bonchev–Trinajstić information content (AvgIpc) is 2.14. The van der Waals surface area contributed by atoms with Crippen LogP contribution in [0.3, 0.4) is 0 Å². The van der Waals surface area contributed by atoms with Crippen LogP contribution in [-0.2, 0) is 0 Å². The van der Waals surface area contributed by atoms with Gasteiger partial charge in [-0.1, -0.05) is 41.9 Å². The maximum absolute atomic E-state index is 5.98. The third kappa shape index (κ3) is 3.62. The molecule has 1 aromatic carbocycles. The minimum absolute atomic E-state index is 0.481. The zero-order valence-corrected chi connectivity index (χ0v) is 11.0. The van der Waals surface area contributed by atoms with Gasteiger partial charge in [-0.05, 0) is 36.0 Å². The average molecular weight is 276 g/mol. The van der Waals surface area contributed by atoms with Crippen LogP contribution in [0.4, 0.5) is 0 Å². The van der Waals surface area contributed by atoms with Gasteiger partial charge in [0.05, 0.1) is 0 Å². The fourth-order valence-corrected chi connectivity index (χ4v) is 2.34. The van der Waals surface area contributed by atoms with E-state index in [1.165, 1.54) is 5.56 Å². The van der Waals surface area contributed by atoms with Gasteiger partial charge in [0.1, 0.15) is 0 Å². The van der Waals surface area contributed by atoms with E-state index in [-0.39, 0.29) is 0 Å². The first-order valence-corrected chi connectivity index (χ1v) is 6.27. The molecule has 0 bridgehead atoms. The minimum Gasteiger partial charge on any atom is -0.126 e. The van der Waals surface area contributed by atoms with Gasteiger partial charge in [-0.2, -0.15) is 0 Å². The first kappa shape index (κ1) is 12.1. The predicted molar refractivity (Wildman–Crippen MR) is 67.1 cm³/mol. The Balaban J connectivity index is 2.78. The van der Waals surface area contributed by atoms with Gasteiger partial charge in [0.15, 0.2) is 0 Å². The normalized spacial score (nSPS) is 13.2. The highest BCUT2D eigenvalue weighted by Crippen LogP contribution is 2.26. The molecule has 0 heterocycles. The summed E-state index contributed by atoms with van der Waals surface area (Å²) in [5.41, 5.74) is 1.34. The Kier molecular flexibility index (Phi) is 4.97. The third-order valence-electron chi connectivity index (χ3n) is 2.26. The van der Waals surface area contributed by atoms with Gasteiger partial charge >= 0.3 is 0 Å². The molecule has 1 unspecified atom stereocenters. The summed E-state index contributed by atoms with van der Waals surface area (Å²) in [5, 5.41) is 0. The Hall–Kier alpha value is -0.0100. The van der Waals surface area contributed by atoms with Gasteiger partial charge < -0.3 is 0 Å². The fourth-order valence-electron chi connectivity index (χ4n) is 1.62. The molecular weight excluding hydrogens is 259 g/mol. The lowest BCUT2D eigenvalue weighted by Crippen LogP contribution is -2.04. The molecular formula is C12H16BrCl. The molecule has 78 valence electrons. The minimum atomic E-state index is 0.481. The van der Waals surface area contributed by atoms with Gasteiger partial charge in [0.2, 0.25) is 0 Å². The van der Waals surface area contributed by atoms with Crippen LogP contribution in [0.15, 0.2) is 28.7 Å². The Morgan fingerprint density at radius 3 is 2.57 bits per heavy atom. The molecule has 0 aliphatic rings. The summed E-state index contributed by atoms with van der Waals surface area (Å²) in [6.45, 7) is 4.47. The molecule has 0 saturated heterocycles. The zero-order valence-electron chi connectivity index (χ0n) is 8.63. The molecule has 1 atom stereocenters. The van der Waals surface area contributed by atoms with E-state index in [0.717, 1.165) is 10.9 Å². The Labute approximate surface area is 99.8 Å². The SMILES string of the molecule is CC(C)CC(CCl)c1cccc(Br)c1. The van der Waals surface area contributed by atoms with Crippen LogP contribution >= 0.6 is 27.5 Å². The van der Waals surface area contributed by atoms with Crippen LogP contribution in [0.25, 0.3) is 0 Å². The molecule has 0 aliphatic heterocycles. The highest BCUT2D eigenvalue weighted by Gasteiger charge is 2.12. The zero-order chi connectivity index (χ0) is 10.6. The van der Waals surface area contributed by atoms with Crippen LogP contribution in [0.1, 0.15) is 31.7 Å². The molecule has 0 saturated carbocycles. The van der Waals surface area contributed by atoms with Crippen molar-refractivity contribution in [2.45, 2.75) is 26.2 Å². The number of hydrogen-bond donors (Lipinski definition) is 0. The fraction of sp³-hybridized carbons (Fsp3) is 0.500. The molecule has 0 spiro atoms. The lowest BCUT2D eigenvalue weighted by atomic mass is 9.92. The van der Waals surface area contributed by atoms with Crippen molar-refractivity contribution in [1.82, 2.24) is 0 Å². The molecule has 0 nitrogen and oxygen atoms in total. The molecule has 1 aromatic rings. The lowest BCUT2D eigenvalue weighted by Gasteiger charge is -2.16. The maximum Gasteiger partial charge on any atom is 0.0292 e. The second-order valence-corrected chi connectivity index (χ2v) is 5.26. The second-order valence-electron chi connectivity index (χ2n) is 4.04.